The fraction of sp³-hybridized carbons (Fsp3) is 0.333. The van der Waals surface area contributed by atoms with Crippen molar-refractivity contribution in [1.29, 1.82) is 0 Å². The lowest BCUT2D eigenvalue weighted by molar-refractivity contribution is 0.0701. The Morgan fingerprint density at radius 1 is 1.25 bits per heavy atom. The highest BCUT2D eigenvalue weighted by molar-refractivity contribution is 7.13. The van der Waals surface area contributed by atoms with Crippen molar-refractivity contribution in [3.63, 3.8) is 0 Å². The van der Waals surface area contributed by atoms with Gasteiger partial charge in [-0.25, -0.2) is 14.8 Å². The van der Waals surface area contributed by atoms with Gasteiger partial charge in [-0.15, -0.1) is 11.3 Å². The molecule has 0 aromatic carbocycles. The summed E-state index contributed by atoms with van der Waals surface area (Å²) in [6.45, 7) is 5.11. The molecule has 0 spiro atoms. The number of thiazole rings is 1. The van der Waals surface area contributed by atoms with Gasteiger partial charge in [0.05, 0.1) is 17.9 Å². The van der Waals surface area contributed by atoms with Crippen LogP contribution in [-0.4, -0.2) is 27.0 Å². The van der Waals surface area contributed by atoms with Crippen molar-refractivity contribution in [3.05, 3.63) is 32.9 Å². The minimum absolute atomic E-state index is 0.150. The Morgan fingerprint density at radius 3 is 2.45 bits per heavy atom. The maximum Gasteiger partial charge on any atom is 0.347 e. The Kier molecular flexibility index (Phi) is 3.84. The minimum Gasteiger partial charge on any atom is -0.477 e. The second kappa shape index (κ2) is 5.41. The number of oxazole rings is 1. The number of carboxylic acids is 1. The molecule has 8 heteroatoms. The lowest BCUT2D eigenvalue weighted by Gasteiger charge is -2.00. The van der Waals surface area contributed by atoms with Gasteiger partial charge >= 0.3 is 5.97 Å². The standard InChI is InChI=1S/C12H13N3O4S/c1-5-9(19-7(3)14-5)11(16)13-4-8-15-6(2)10(20-8)12(17)18/h4H2,1-3H3,(H,13,16)(H,17,18). The van der Waals surface area contributed by atoms with Crippen LogP contribution in [0.25, 0.3) is 0 Å². The first kappa shape index (κ1) is 14.2. The first-order valence-corrected chi connectivity index (χ1v) is 6.62. The predicted molar refractivity (Wildman–Crippen MR) is 71.0 cm³/mol. The van der Waals surface area contributed by atoms with E-state index in [-0.39, 0.29) is 17.2 Å². The number of carbonyl (C=O) groups is 2. The van der Waals surface area contributed by atoms with Gasteiger partial charge in [0.2, 0.25) is 5.76 Å². The molecular weight excluding hydrogens is 282 g/mol. The van der Waals surface area contributed by atoms with Crippen LogP contribution in [0.3, 0.4) is 0 Å². The van der Waals surface area contributed by atoms with Crippen molar-refractivity contribution in [2.24, 2.45) is 0 Å². The maximum atomic E-state index is 11.9. The molecule has 0 saturated carbocycles. The number of nitrogens with one attached hydrogen (secondary N) is 1. The zero-order chi connectivity index (χ0) is 14.9. The van der Waals surface area contributed by atoms with Crippen molar-refractivity contribution < 1.29 is 19.1 Å². The number of rotatable bonds is 4. The molecule has 2 heterocycles. The highest BCUT2D eigenvalue weighted by atomic mass is 32.1. The summed E-state index contributed by atoms with van der Waals surface area (Å²) in [6.07, 6.45) is 0. The lowest BCUT2D eigenvalue weighted by Crippen LogP contribution is -2.23. The fourth-order valence-corrected chi connectivity index (χ4v) is 2.55. The molecule has 0 atom stereocenters. The van der Waals surface area contributed by atoms with E-state index in [0.29, 0.717) is 22.3 Å². The van der Waals surface area contributed by atoms with Crippen LogP contribution in [-0.2, 0) is 6.54 Å². The van der Waals surface area contributed by atoms with Gasteiger partial charge < -0.3 is 14.8 Å². The Hall–Kier alpha value is -2.22. The third kappa shape index (κ3) is 2.85. The molecule has 2 rings (SSSR count). The van der Waals surface area contributed by atoms with Gasteiger partial charge in [0, 0.05) is 6.92 Å². The number of carboxylic acid groups (broad SMARTS) is 1. The summed E-state index contributed by atoms with van der Waals surface area (Å²) in [5.41, 5.74) is 0.958. The number of hydrogen-bond donors (Lipinski definition) is 2. The number of amides is 1. The topological polar surface area (TPSA) is 105 Å². The molecule has 7 nitrogen and oxygen atoms in total. The van der Waals surface area contributed by atoms with Crippen LogP contribution in [0.2, 0.25) is 0 Å². The summed E-state index contributed by atoms with van der Waals surface area (Å²) < 4.78 is 5.20. The Morgan fingerprint density at radius 2 is 1.95 bits per heavy atom. The number of aromatic nitrogens is 2. The molecule has 20 heavy (non-hydrogen) atoms. The third-order valence-electron chi connectivity index (χ3n) is 2.55. The smallest absolute Gasteiger partial charge is 0.347 e. The van der Waals surface area contributed by atoms with Crippen LogP contribution in [0.15, 0.2) is 4.42 Å². The molecule has 0 bridgehead atoms. The summed E-state index contributed by atoms with van der Waals surface area (Å²) in [6, 6.07) is 0. The number of aromatic carboxylic acids is 1. The molecule has 0 fully saturated rings. The van der Waals surface area contributed by atoms with Crippen LogP contribution in [0, 0.1) is 20.8 Å². The molecule has 2 aromatic heterocycles. The Balaban J connectivity index is 2.05. The normalized spacial score (nSPS) is 10.6. The summed E-state index contributed by atoms with van der Waals surface area (Å²) in [4.78, 5) is 31.1. The van der Waals surface area contributed by atoms with Crippen molar-refractivity contribution in [1.82, 2.24) is 15.3 Å². The van der Waals surface area contributed by atoms with Crippen LogP contribution in [0.5, 0.6) is 0 Å². The molecule has 0 aliphatic rings. The van der Waals surface area contributed by atoms with E-state index in [2.05, 4.69) is 15.3 Å². The maximum absolute atomic E-state index is 11.9. The second-order valence-electron chi connectivity index (χ2n) is 4.16. The average Bonchev–Trinajstić information content (AvgIpc) is 2.89. The number of aryl methyl sites for hydroxylation is 3. The SMILES string of the molecule is Cc1nc(C)c(C(=O)NCc2nc(C)c(C(=O)O)s2)o1. The summed E-state index contributed by atoms with van der Waals surface area (Å²) in [7, 11) is 0. The van der Waals surface area contributed by atoms with Crippen LogP contribution in [0.1, 0.15) is 42.5 Å². The Labute approximate surface area is 118 Å². The van der Waals surface area contributed by atoms with Crippen molar-refractivity contribution in [2.45, 2.75) is 27.3 Å². The van der Waals surface area contributed by atoms with E-state index in [1.165, 1.54) is 0 Å². The van der Waals surface area contributed by atoms with E-state index in [4.69, 9.17) is 9.52 Å². The van der Waals surface area contributed by atoms with Crippen LogP contribution < -0.4 is 5.32 Å². The molecule has 1 amide bonds. The highest BCUT2D eigenvalue weighted by Crippen LogP contribution is 2.18. The minimum atomic E-state index is -1.01. The van der Waals surface area contributed by atoms with Gasteiger partial charge in [-0.05, 0) is 13.8 Å². The van der Waals surface area contributed by atoms with E-state index in [9.17, 15) is 9.59 Å². The van der Waals surface area contributed by atoms with Crippen molar-refractivity contribution >= 4 is 23.2 Å². The quantitative estimate of drug-likeness (QED) is 0.889. The first-order chi connectivity index (χ1) is 9.38. The zero-order valence-corrected chi connectivity index (χ0v) is 12.0. The van der Waals surface area contributed by atoms with Crippen molar-refractivity contribution in [2.75, 3.05) is 0 Å². The molecule has 0 saturated heterocycles. The van der Waals surface area contributed by atoms with Gasteiger partial charge in [0.1, 0.15) is 9.88 Å². The lowest BCUT2D eigenvalue weighted by atomic mass is 10.3. The summed E-state index contributed by atoms with van der Waals surface area (Å²) in [5, 5.41) is 12.1. The van der Waals surface area contributed by atoms with E-state index >= 15 is 0 Å². The van der Waals surface area contributed by atoms with Gasteiger partial charge in [0.25, 0.3) is 5.91 Å². The molecule has 0 radical (unpaired) electrons. The van der Waals surface area contributed by atoms with Gasteiger partial charge in [-0.1, -0.05) is 0 Å². The number of nitrogens with zero attached hydrogens (tertiary/aromatic N) is 2. The molecule has 0 aliphatic heterocycles. The predicted octanol–water partition coefficient (Wildman–Crippen LogP) is 1.68. The molecule has 0 aliphatic carbocycles. The fourth-order valence-electron chi connectivity index (χ4n) is 1.70. The van der Waals surface area contributed by atoms with E-state index < -0.39 is 11.9 Å². The number of hydrogen-bond acceptors (Lipinski definition) is 6. The molecule has 2 aromatic rings. The monoisotopic (exact) mass is 295 g/mol. The molecular formula is C12H13N3O4S. The first-order valence-electron chi connectivity index (χ1n) is 5.80. The van der Waals surface area contributed by atoms with Crippen LogP contribution >= 0.6 is 11.3 Å². The molecule has 2 N–H and O–H groups in total. The van der Waals surface area contributed by atoms with E-state index in [0.717, 1.165) is 11.3 Å². The van der Waals surface area contributed by atoms with Crippen LogP contribution in [0.4, 0.5) is 0 Å². The zero-order valence-electron chi connectivity index (χ0n) is 11.2. The largest absolute Gasteiger partial charge is 0.477 e. The van der Waals surface area contributed by atoms with Crippen molar-refractivity contribution in [3.8, 4) is 0 Å². The summed E-state index contributed by atoms with van der Waals surface area (Å²) >= 11 is 1.04. The molecule has 106 valence electrons. The summed E-state index contributed by atoms with van der Waals surface area (Å²) in [5.74, 6) is -0.827. The average molecular weight is 295 g/mol. The highest BCUT2D eigenvalue weighted by Gasteiger charge is 2.18. The molecule has 0 unspecified atom stereocenters. The van der Waals surface area contributed by atoms with E-state index in [1.54, 1.807) is 20.8 Å². The number of carbonyl (C=O) groups excluding carboxylic acids is 1. The van der Waals surface area contributed by atoms with Gasteiger partial charge in [0.15, 0.2) is 5.89 Å². The van der Waals surface area contributed by atoms with Gasteiger partial charge in [-0.3, -0.25) is 4.79 Å². The van der Waals surface area contributed by atoms with E-state index in [1.807, 2.05) is 0 Å². The Bertz CT molecular complexity index is 674. The third-order valence-corrected chi connectivity index (χ3v) is 3.69. The second-order valence-corrected chi connectivity index (χ2v) is 5.24. The van der Waals surface area contributed by atoms with Gasteiger partial charge in [-0.2, -0.15) is 0 Å².